The minimum Gasteiger partial charge on any atom is -0.490 e. The van der Waals surface area contributed by atoms with E-state index in [1.807, 2.05) is 31.2 Å². The lowest BCUT2D eigenvalue weighted by atomic mass is 10.3. The van der Waals surface area contributed by atoms with Crippen molar-refractivity contribution in [3.8, 4) is 11.5 Å². The molecule has 130 valence electrons. The second-order valence-electron chi connectivity index (χ2n) is 4.08. The van der Waals surface area contributed by atoms with Gasteiger partial charge in [-0.15, -0.1) is 0 Å². The van der Waals surface area contributed by atoms with Gasteiger partial charge >= 0.3 is 11.9 Å². The van der Waals surface area contributed by atoms with Gasteiger partial charge in [-0.1, -0.05) is 12.1 Å². The average molecular weight is 329 g/mol. The van der Waals surface area contributed by atoms with Crippen LogP contribution in [0.15, 0.2) is 24.3 Å². The van der Waals surface area contributed by atoms with Crippen molar-refractivity contribution in [3.63, 3.8) is 0 Å². The SMILES string of the molecule is CCOc1ccccc1OCCNCCOC.O=C(O)C(=O)O. The van der Waals surface area contributed by atoms with E-state index in [4.69, 9.17) is 34.0 Å². The van der Waals surface area contributed by atoms with Gasteiger partial charge < -0.3 is 29.7 Å². The number of hydrogen-bond acceptors (Lipinski definition) is 6. The number of nitrogens with one attached hydrogen (secondary N) is 1. The standard InChI is InChI=1S/C13H21NO3.C2H2O4/c1-3-16-12-6-4-5-7-13(12)17-11-9-14-8-10-15-2;3-1(4)2(5)6/h4-7,14H,3,8-11H2,1-2H3;(H,3,4)(H,5,6). The molecule has 0 spiro atoms. The summed E-state index contributed by atoms with van der Waals surface area (Å²) in [5, 5.41) is 18.0. The van der Waals surface area contributed by atoms with Crippen LogP contribution in [0.4, 0.5) is 0 Å². The van der Waals surface area contributed by atoms with Gasteiger partial charge in [-0.2, -0.15) is 0 Å². The smallest absolute Gasteiger partial charge is 0.414 e. The van der Waals surface area contributed by atoms with Gasteiger partial charge in [0.1, 0.15) is 6.61 Å². The number of methoxy groups -OCH3 is 1. The third kappa shape index (κ3) is 11.0. The van der Waals surface area contributed by atoms with Crippen LogP contribution in [0.5, 0.6) is 11.5 Å². The van der Waals surface area contributed by atoms with Crippen molar-refractivity contribution >= 4 is 11.9 Å². The van der Waals surface area contributed by atoms with Gasteiger partial charge in [0.2, 0.25) is 0 Å². The molecule has 0 unspecified atom stereocenters. The van der Waals surface area contributed by atoms with E-state index in [2.05, 4.69) is 5.32 Å². The fourth-order valence-electron chi connectivity index (χ4n) is 1.38. The summed E-state index contributed by atoms with van der Waals surface area (Å²) in [7, 11) is 1.69. The third-order valence-corrected chi connectivity index (χ3v) is 2.35. The van der Waals surface area contributed by atoms with E-state index in [0.29, 0.717) is 13.2 Å². The predicted molar refractivity (Wildman–Crippen MR) is 83.1 cm³/mol. The molecule has 0 heterocycles. The zero-order valence-corrected chi connectivity index (χ0v) is 13.3. The number of hydrogen-bond donors (Lipinski definition) is 3. The van der Waals surface area contributed by atoms with Crippen LogP contribution in [0.3, 0.4) is 0 Å². The highest BCUT2D eigenvalue weighted by molar-refractivity contribution is 6.27. The van der Waals surface area contributed by atoms with Crippen molar-refractivity contribution in [3.05, 3.63) is 24.3 Å². The average Bonchev–Trinajstić information content (AvgIpc) is 2.53. The maximum Gasteiger partial charge on any atom is 0.414 e. The summed E-state index contributed by atoms with van der Waals surface area (Å²) in [6.45, 7) is 5.58. The van der Waals surface area contributed by atoms with Crippen molar-refractivity contribution in [1.29, 1.82) is 0 Å². The fourth-order valence-corrected chi connectivity index (χ4v) is 1.38. The molecule has 1 aromatic carbocycles. The minimum absolute atomic E-state index is 0.619. The van der Waals surface area contributed by atoms with Crippen molar-refractivity contribution in [2.24, 2.45) is 0 Å². The molecule has 8 nitrogen and oxygen atoms in total. The normalized spacial score (nSPS) is 9.48. The topological polar surface area (TPSA) is 114 Å². The first-order chi connectivity index (χ1) is 11.0. The number of para-hydroxylation sites is 2. The molecule has 0 aliphatic carbocycles. The van der Waals surface area contributed by atoms with Crippen LogP contribution in [-0.2, 0) is 14.3 Å². The molecule has 1 aromatic rings. The number of carboxylic acid groups (broad SMARTS) is 2. The summed E-state index contributed by atoms with van der Waals surface area (Å²) in [5.41, 5.74) is 0. The number of benzene rings is 1. The van der Waals surface area contributed by atoms with Crippen molar-refractivity contribution in [1.82, 2.24) is 5.32 Å². The van der Waals surface area contributed by atoms with Crippen LogP contribution in [0.25, 0.3) is 0 Å². The second kappa shape index (κ2) is 13.4. The maximum absolute atomic E-state index is 9.10. The molecule has 0 saturated carbocycles. The molecular weight excluding hydrogens is 306 g/mol. The van der Waals surface area contributed by atoms with E-state index in [0.717, 1.165) is 31.2 Å². The first-order valence-electron chi connectivity index (χ1n) is 7.03. The van der Waals surface area contributed by atoms with Crippen LogP contribution in [0.1, 0.15) is 6.92 Å². The highest BCUT2D eigenvalue weighted by Crippen LogP contribution is 2.25. The third-order valence-electron chi connectivity index (χ3n) is 2.35. The van der Waals surface area contributed by atoms with E-state index in [1.165, 1.54) is 0 Å². The molecule has 0 saturated heterocycles. The van der Waals surface area contributed by atoms with E-state index in [9.17, 15) is 0 Å². The zero-order valence-electron chi connectivity index (χ0n) is 13.3. The molecule has 0 radical (unpaired) electrons. The Hall–Kier alpha value is -2.32. The van der Waals surface area contributed by atoms with Crippen molar-refractivity contribution < 1.29 is 34.0 Å². The molecule has 0 bridgehead atoms. The fraction of sp³-hybridized carbons (Fsp3) is 0.467. The number of aliphatic carboxylic acids is 2. The Labute approximate surface area is 135 Å². The summed E-state index contributed by atoms with van der Waals surface area (Å²) in [6.07, 6.45) is 0. The first kappa shape index (κ1) is 20.7. The Morgan fingerprint density at radius 1 is 1.00 bits per heavy atom. The van der Waals surface area contributed by atoms with Crippen LogP contribution >= 0.6 is 0 Å². The van der Waals surface area contributed by atoms with E-state index >= 15 is 0 Å². The number of carboxylic acids is 2. The Morgan fingerprint density at radius 2 is 1.52 bits per heavy atom. The van der Waals surface area contributed by atoms with Crippen LogP contribution in [-0.4, -0.2) is 62.2 Å². The highest BCUT2D eigenvalue weighted by Gasteiger charge is 2.04. The Kier molecular flexibility index (Phi) is 12.0. The lowest BCUT2D eigenvalue weighted by Gasteiger charge is -2.11. The number of rotatable bonds is 9. The van der Waals surface area contributed by atoms with Gasteiger partial charge in [0.15, 0.2) is 11.5 Å². The van der Waals surface area contributed by atoms with Crippen molar-refractivity contribution in [2.75, 3.05) is 40.0 Å². The molecule has 8 heteroatoms. The van der Waals surface area contributed by atoms with E-state index in [1.54, 1.807) is 7.11 Å². The molecule has 0 fully saturated rings. The van der Waals surface area contributed by atoms with E-state index in [-0.39, 0.29) is 0 Å². The Bertz CT molecular complexity index is 453. The van der Waals surface area contributed by atoms with Crippen molar-refractivity contribution in [2.45, 2.75) is 6.92 Å². The van der Waals surface area contributed by atoms with Gasteiger partial charge in [0.25, 0.3) is 0 Å². The molecule has 0 aliphatic heterocycles. The van der Waals surface area contributed by atoms with Gasteiger partial charge in [0.05, 0.1) is 13.2 Å². The monoisotopic (exact) mass is 329 g/mol. The summed E-state index contributed by atoms with van der Waals surface area (Å²) in [4.78, 5) is 18.2. The summed E-state index contributed by atoms with van der Waals surface area (Å²) < 4.78 is 16.0. The van der Waals surface area contributed by atoms with Gasteiger partial charge in [0, 0.05) is 20.2 Å². The lowest BCUT2D eigenvalue weighted by molar-refractivity contribution is -0.159. The zero-order chi connectivity index (χ0) is 17.5. The first-order valence-corrected chi connectivity index (χ1v) is 7.03. The molecule has 0 atom stereocenters. The van der Waals surface area contributed by atoms with Crippen LogP contribution in [0.2, 0.25) is 0 Å². The van der Waals surface area contributed by atoms with Gasteiger partial charge in [-0.25, -0.2) is 9.59 Å². The van der Waals surface area contributed by atoms with Gasteiger partial charge in [-0.3, -0.25) is 0 Å². The molecule has 0 aromatic heterocycles. The molecule has 0 aliphatic rings. The van der Waals surface area contributed by atoms with E-state index < -0.39 is 11.9 Å². The molecular formula is C15H23NO7. The highest BCUT2D eigenvalue weighted by atomic mass is 16.5. The van der Waals surface area contributed by atoms with Gasteiger partial charge in [-0.05, 0) is 19.1 Å². The minimum atomic E-state index is -1.82. The largest absolute Gasteiger partial charge is 0.490 e. The molecule has 0 amide bonds. The quantitative estimate of drug-likeness (QED) is 0.451. The number of ether oxygens (including phenoxy) is 3. The molecule has 3 N–H and O–H groups in total. The summed E-state index contributed by atoms with van der Waals surface area (Å²) >= 11 is 0. The maximum atomic E-state index is 9.10. The number of carbonyl (C=O) groups is 2. The second-order valence-corrected chi connectivity index (χ2v) is 4.08. The van der Waals surface area contributed by atoms with Crippen LogP contribution in [0, 0.1) is 0 Å². The Morgan fingerprint density at radius 3 is 2.00 bits per heavy atom. The predicted octanol–water partition coefficient (Wildman–Crippen LogP) is 0.856. The lowest BCUT2D eigenvalue weighted by Crippen LogP contribution is -2.24. The summed E-state index contributed by atoms with van der Waals surface area (Å²) in [6, 6.07) is 7.71. The molecule has 1 rings (SSSR count). The molecule has 23 heavy (non-hydrogen) atoms. The Balaban J connectivity index is 0.000000688. The van der Waals surface area contributed by atoms with Crippen LogP contribution < -0.4 is 14.8 Å². The summed E-state index contributed by atoms with van der Waals surface area (Å²) in [5.74, 6) is -2.06.